The molecule has 0 aliphatic heterocycles. The van der Waals surface area contributed by atoms with E-state index in [1.807, 2.05) is 0 Å². The van der Waals surface area contributed by atoms with Crippen LogP contribution in [0.15, 0.2) is 36.8 Å². The minimum atomic E-state index is -0.568. The van der Waals surface area contributed by atoms with Crippen molar-refractivity contribution in [2.45, 2.75) is 0 Å². The summed E-state index contributed by atoms with van der Waals surface area (Å²) < 4.78 is 15.3. The lowest BCUT2D eigenvalue weighted by molar-refractivity contribution is 0.624. The second-order valence-electron chi connectivity index (χ2n) is 3.88. The zero-order chi connectivity index (χ0) is 13.4. The topological polar surface area (TPSA) is 54.0 Å². The predicted molar refractivity (Wildman–Crippen MR) is 68.1 cm³/mol. The average molecular weight is 273 g/mol. The van der Waals surface area contributed by atoms with E-state index in [-0.39, 0.29) is 10.7 Å². The maximum atomic E-state index is 13.6. The van der Waals surface area contributed by atoms with Crippen molar-refractivity contribution in [1.82, 2.24) is 14.4 Å². The van der Waals surface area contributed by atoms with E-state index in [0.29, 0.717) is 16.9 Å². The molecule has 4 nitrogen and oxygen atoms in total. The molecule has 3 rings (SSSR count). The van der Waals surface area contributed by atoms with Crippen LogP contribution >= 0.6 is 11.6 Å². The molecule has 0 saturated carbocycles. The van der Waals surface area contributed by atoms with Crippen LogP contribution in [-0.4, -0.2) is 14.4 Å². The highest BCUT2D eigenvalue weighted by Crippen LogP contribution is 2.23. The molecular formula is C13H6ClFN4. The molecule has 0 bridgehead atoms. The summed E-state index contributed by atoms with van der Waals surface area (Å²) in [5, 5.41) is 8.98. The molecule has 1 aromatic carbocycles. The van der Waals surface area contributed by atoms with Crippen LogP contribution in [0.5, 0.6) is 0 Å². The van der Waals surface area contributed by atoms with Gasteiger partial charge in [0.2, 0.25) is 0 Å². The van der Waals surface area contributed by atoms with E-state index in [2.05, 4.69) is 9.97 Å². The minimum Gasteiger partial charge on any atom is -0.302 e. The summed E-state index contributed by atoms with van der Waals surface area (Å²) in [6.45, 7) is 0. The van der Waals surface area contributed by atoms with Gasteiger partial charge in [0.05, 0.1) is 11.3 Å². The average Bonchev–Trinajstić information content (AvgIpc) is 2.84. The summed E-state index contributed by atoms with van der Waals surface area (Å²) in [5.74, 6) is -0.568. The Hall–Kier alpha value is -2.45. The van der Waals surface area contributed by atoms with Crippen LogP contribution in [0.2, 0.25) is 5.15 Å². The van der Waals surface area contributed by atoms with Gasteiger partial charge in [-0.25, -0.2) is 14.4 Å². The van der Waals surface area contributed by atoms with Gasteiger partial charge in [-0.2, -0.15) is 5.26 Å². The summed E-state index contributed by atoms with van der Waals surface area (Å²) in [5.41, 5.74) is 1.66. The number of rotatable bonds is 1. The number of nitriles is 1. The van der Waals surface area contributed by atoms with Crippen molar-refractivity contribution in [2.24, 2.45) is 0 Å². The molecule has 0 spiro atoms. The van der Waals surface area contributed by atoms with Gasteiger partial charge in [-0.05, 0) is 12.1 Å². The standard InChI is InChI=1S/C13H6ClFN4/c14-12-13-18-11(7-19(13)4-3-17-12)8-1-2-9(6-16)10(15)5-8/h1-5,7H. The summed E-state index contributed by atoms with van der Waals surface area (Å²) in [6, 6.07) is 6.13. The molecule has 0 fully saturated rings. The van der Waals surface area contributed by atoms with Gasteiger partial charge >= 0.3 is 0 Å². The molecule has 0 radical (unpaired) electrons. The predicted octanol–water partition coefficient (Wildman–Crippen LogP) is 3.06. The Kier molecular flexibility index (Phi) is 2.65. The number of halogens is 2. The monoisotopic (exact) mass is 272 g/mol. The number of nitrogens with zero attached hydrogens (tertiary/aromatic N) is 4. The third-order valence-corrected chi connectivity index (χ3v) is 2.98. The zero-order valence-electron chi connectivity index (χ0n) is 9.51. The van der Waals surface area contributed by atoms with Crippen molar-refractivity contribution in [3.05, 3.63) is 53.3 Å². The minimum absolute atomic E-state index is 0.00668. The molecule has 92 valence electrons. The first-order valence-electron chi connectivity index (χ1n) is 5.38. The van der Waals surface area contributed by atoms with Gasteiger partial charge in [0.25, 0.3) is 0 Å². The highest BCUT2D eigenvalue weighted by molar-refractivity contribution is 6.32. The molecule has 3 aromatic rings. The van der Waals surface area contributed by atoms with Crippen molar-refractivity contribution in [3.63, 3.8) is 0 Å². The number of imidazole rings is 1. The lowest BCUT2D eigenvalue weighted by atomic mass is 10.1. The van der Waals surface area contributed by atoms with Crippen molar-refractivity contribution in [3.8, 4) is 17.3 Å². The highest BCUT2D eigenvalue weighted by Gasteiger charge is 2.10. The molecule has 2 aromatic heterocycles. The second kappa shape index (κ2) is 4.34. The molecule has 0 amide bonds. The van der Waals surface area contributed by atoms with Crippen LogP contribution in [0, 0.1) is 17.1 Å². The Morgan fingerprint density at radius 3 is 2.89 bits per heavy atom. The Labute approximate surface area is 112 Å². The molecule has 19 heavy (non-hydrogen) atoms. The lowest BCUT2D eigenvalue weighted by Crippen LogP contribution is -1.85. The van der Waals surface area contributed by atoms with E-state index in [9.17, 15) is 4.39 Å². The SMILES string of the molecule is N#Cc1ccc(-c2cn3ccnc(Cl)c3n2)cc1F. The van der Waals surface area contributed by atoms with E-state index >= 15 is 0 Å². The van der Waals surface area contributed by atoms with Crippen LogP contribution in [-0.2, 0) is 0 Å². The Morgan fingerprint density at radius 1 is 1.37 bits per heavy atom. The Morgan fingerprint density at radius 2 is 2.21 bits per heavy atom. The molecule has 0 unspecified atom stereocenters. The number of hydrogen-bond donors (Lipinski definition) is 0. The summed E-state index contributed by atoms with van der Waals surface area (Å²) in [6.07, 6.45) is 4.99. The quantitative estimate of drug-likeness (QED) is 0.684. The molecular weight excluding hydrogens is 267 g/mol. The van der Waals surface area contributed by atoms with Crippen LogP contribution < -0.4 is 0 Å². The number of benzene rings is 1. The summed E-state index contributed by atoms with van der Waals surface area (Å²) in [7, 11) is 0. The number of aromatic nitrogens is 3. The molecule has 6 heteroatoms. The van der Waals surface area contributed by atoms with Crippen molar-refractivity contribution in [2.75, 3.05) is 0 Å². The lowest BCUT2D eigenvalue weighted by Gasteiger charge is -1.97. The van der Waals surface area contributed by atoms with Crippen LogP contribution in [0.25, 0.3) is 16.9 Å². The molecule has 0 aliphatic rings. The van der Waals surface area contributed by atoms with Gasteiger partial charge in [-0.3, -0.25) is 0 Å². The largest absolute Gasteiger partial charge is 0.302 e. The van der Waals surface area contributed by atoms with Crippen molar-refractivity contribution >= 4 is 17.2 Å². The first-order chi connectivity index (χ1) is 9.19. The van der Waals surface area contributed by atoms with Crippen LogP contribution in [0.4, 0.5) is 4.39 Å². The van der Waals surface area contributed by atoms with Crippen LogP contribution in [0.1, 0.15) is 5.56 Å². The summed E-state index contributed by atoms with van der Waals surface area (Å²) in [4.78, 5) is 8.22. The fourth-order valence-electron chi connectivity index (χ4n) is 1.79. The zero-order valence-corrected chi connectivity index (χ0v) is 10.3. The maximum absolute atomic E-state index is 13.6. The molecule has 0 aliphatic carbocycles. The van der Waals surface area contributed by atoms with Gasteiger partial charge in [0, 0.05) is 24.2 Å². The third-order valence-electron chi connectivity index (χ3n) is 2.72. The smallest absolute Gasteiger partial charge is 0.175 e. The van der Waals surface area contributed by atoms with E-state index in [1.54, 1.807) is 35.1 Å². The van der Waals surface area contributed by atoms with Gasteiger partial charge in [0.15, 0.2) is 10.8 Å². The van der Waals surface area contributed by atoms with Gasteiger partial charge < -0.3 is 4.40 Å². The first-order valence-corrected chi connectivity index (χ1v) is 5.76. The Balaban J connectivity index is 2.17. The molecule has 0 atom stereocenters. The van der Waals surface area contributed by atoms with Crippen molar-refractivity contribution < 1.29 is 4.39 Å². The van der Waals surface area contributed by atoms with E-state index in [4.69, 9.17) is 16.9 Å². The maximum Gasteiger partial charge on any atom is 0.175 e. The van der Waals surface area contributed by atoms with Gasteiger partial charge in [-0.1, -0.05) is 17.7 Å². The molecule has 2 heterocycles. The number of hydrogen-bond acceptors (Lipinski definition) is 3. The van der Waals surface area contributed by atoms with Crippen LogP contribution in [0.3, 0.4) is 0 Å². The van der Waals surface area contributed by atoms with Gasteiger partial charge in [0.1, 0.15) is 11.9 Å². The number of fused-ring (bicyclic) bond motifs is 1. The summed E-state index contributed by atoms with van der Waals surface area (Å²) >= 11 is 5.93. The fraction of sp³-hybridized carbons (Fsp3) is 0. The molecule has 0 N–H and O–H groups in total. The van der Waals surface area contributed by atoms with E-state index in [1.165, 1.54) is 12.1 Å². The normalized spacial score (nSPS) is 10.6. The van der Waals surface area contributed by atoms with E-state index in [0.717, 1.165) is 0 Å². The van der Waals surface area contributed by atoms with E-state index < -0.39 is 5.82 Å². The fourth-order valence-corrected chi connectivity index (χ4v) is 1.99. The Bertz CT molecular complexity index is 819. The third kappa shape index (κ3) is 1.92. The second-order valence-corrected chi connectivity index (χ2v) is 4.24. The van der Waals surface area contributed by atoms with Crippen molar-refractivity contribution in [1.29, 1.82) is 5.26 Å². The molecule has 0 saturated heterocycles. The van der Waals surface area contributed by atoms with Gasteiger partial charge in [-0.15, -0.1) is 0 Å². The highest BCUT2D eigenvalue weighted by atomic mass is 35.5. The first kappa shape index (κ1) is 11.6.